The van der Waals surface area contributed by atoms with Gasteiger partial charge < -0.3 is 5.73 Å². The van der Waals surface area contributed by atoms with Crippen LogP contribution in [-0.4, -0.2) is 31.7 Å². The van der Waals surface area contributed by atoms with E-state index in [1.807, 2.05) is 0 Å². The molecule has 1 aliphatic carbocycles. The van der Waals surface area contributed by atoms with Crippen LogP contribution in [0.2, 0.25) is 0 Å². The van der Waals surface area contributed by atoms with Crippen LogP contribution in [0.4, 0.5) is 0 Å². The maximum atomic E-state index is 12.7. The van der Waals surface area contributed by atoms with E-state index in [-0.39, 0.29) is 23.8 Å². The lowest BCUT2D eigenvalue weighted by Gasteiger charge is -2.36. The Labute approximate surface area is 129 Å². The molecular formula is C14H20N2O3S2. The zero-order valence-corrected chi connectivity index (χ0v) is 13.5. The lowest BCUT2D eigenvalue weighted by atomic mass is 9.67. The van der Waals surface area contributed by atoms with Gasteiger partial charge in [0.25, 0.3) is 10.0 Å². The van der Waals surface area contributed by atoms with E-state index in [0.29, 0.717) is 10.8 Å². The van der Waals surface area contributed by atoms with Crippen LogP contribution in [0, 0.1) is 11.3 Å². The number of carbonyl (C=O) groups excluding carboxylic acids is 1. The zero-order chi connectivity index (χ0) is 15.1. The number of rotatable bonds is 3. The van der Waals surface area contributed by atoms with Crippen molar-refractivity contribution in [2.45, 2.75) is 36.3 Å². The second-order valence-corrected chi connectivity index (χ2v) is 9.22. The molecule has 1 saturated heterocycles. The quantitative estimate of drug-likeness (QED) is 0.919. The molecule has 0 aromatic carbocycles. The van der Waals surface area contributed by atoms with Crippen LogP contribution < -0.4 is 5.73 Å². The molecule has 0 radical (unpaired) electrons. The number of nitrogens with two attached hydrogens (primary N) is 1. The fraction of sp³-hybridized carbons (Fsp3) is 0.643. The lowest BCUT2D eigenvalue weighted by molar-refractivity contribution is -0.125. The highest BCUT2D eigenvalue weighted by Crippen LogP contribution is 2.48. The molecule has 2 aliphatic rings. The number of carbonyl (C=O) groups is 1. The Morgan fingerprint density at radius 1 is 1.33 bits per heavy atom. The molecule has 2 heterocycles. The van der Waals surface area contributed by atoms with Crippen molar-refractivity contribution in [3.63, 3.8) is 0 Å². The number of hydrogen-bond donors (Lipinski definition) is 1. The molecule has 5 nitrogen and oxygen atoms in total. The zero-order valence-electron chi connectivity index (χ0n) is 11.8. The third-order valence-corrected chi connectivity index (χ3v) is 8.08. The third-order valence-electron chi connectivity index (χ3n) is 4.90. The number of sulfonamides is 1. The predicted octanol–water partition coefficient (Wildman–Crippen LogP) is 1.80. The normalized spacial score (nSPS) is 26.2. The van der Waals surface area contributed by atoms with Crippen molar-refractivity contribution in [2.24, 2.45) is 17.1 Å². The Morgan fingerprint density at radius 3 is 2.62 bits per heavy atom. The van der Waals surface area contributed by atoms with Crippen molar-refractivity contribution in [1.82, 2.24) is 4.31 Å². The first-order valence-corrected chi connectivity index (χ1v) is 9.61. The fourth-order valence-corrected chi connectivity index (χ4v) is 6.49. The Hall–Kier alpha value is -0.920. The molecule has 2 N–H and O–H groups in total. The van der Waals surface area contributed by atoms with Gasteiger partial charge in [-0.3, -0.25) is 4.79 Å². The summed E-state index contributed by atoms with van der Waals surface area (Å²) >= 11 is 1.22. The van der Waals surface area contributed by atoms with Crippen molar-refractivity contribution in [2.75, 3.05) is 13.1 Å². The molecule has 1 amide bonds. The van der Waals surface area contributed by atoms with Gasteiger partial charge in [0.05, 0.1) is 5.92 Å². The average molecular weight is 328 g/mol. The minimum absolute atomic E-state index is 0.232. The Balaban J connectivity index is 1.92. The predicted molar refractivity (Wildman–Crippen MR) is 81.3 cm³/mol. The molecule has 1 spiro atoms. The Morgan fingerprint density at radius 2 is 2.05 bits per heavy atom. The summed E-state index contributed by atoms with van der Waals surface area (Å²) in [7, 11) is -3.49. The lowest BCUT2D eigenvalue weighted by Crippen LogP contribution is -2.40. The first-order valence-electron chi connectivity index (χ1n) is 7.29. The van der Waals surface area contributed by atoms with Crippen LogP contribution in [0.15, 0.2) is 21.7 Å². The largest absolute Gasteiger partial charge is 0.369 e. The summed E-state index contributed by atoms with van der Waals surface area (Å²) in [6.45, 7) is 0.663. The van der Waals surface area contributed by atoms with E-state index in [1.54, 1.807) is 17.5 Å². The van der Waals surface area contributed by atoms with Gasteiger partial charge >= 0.3 is 0 Å². The summed E-state index contributed by atoms with van der Waals surface area (Å²) in [5.41, 5.74) is 5.33. The van der Waals surface area contributed by atoms with Gasteiger partial charge in [-0.1, -0.05) is 25.3 Å². The van der Waals surface area contributed by atoms with E-state index in [0.717, 1.165) is 32.1 Å². The first kappa shape index (κ1) is 15.0. The molecule has 1 aromatic heterocycles. The first-order chi connectivity index (χ1) is 9.96. The summed E-state index contributed by atoms with van der Waals surface area (Å²) in [4.78, 5) is 11.8. The van der Waals surface area contributed by atoms with E-state index in [9.17, 15) is 13.2 Å². The molecule has 116 valence electrons. The van der Waals surface area contributed by atoms with E-state index in [1.165, 1.54) is 15.6 Å². The summed E-state index contributed by atoms with van der Waals surface area (Å²) in [6, 6.07) is 3.35. The Kier molecular flexibility index (Phi) is 3.83. The topological polar surface area (TPSA) is 80.5 Å². The van der Waals surface area contributed by atoms with Crippen molar-refractivity contribution in [3.05, 3.63) is 17.5 Å². The monoisotopic (exact) mass is 328 g/mol. The second-order valence-electron chi connectivity index (χ2n) is 6.11. The van der Waals surface area contributed by atoms with Gasteiger partial charge in [0.2, 0.25) is 5.91 Å². The van der Waals surface area contributed by atoms with Gasteiger partial charge in [-0.05, 0) is 29.7 Å². The molecule has 0 bridgehead atoms. The van der Waals surface area contributed by atoms with Crippen molar-refractivity contribution in [3.8, 4) is 0 Å². The molecule has 1 aromatic rings. The van der Waals surface area contributed by atoms with Crippen LogP contribution in [0.5, 0.6) is 0 Å². The van der Waals surface area contributed by atoms with Crippen LogP contribution in [0.1, 0.15) is 32.1 Å². The van der Waals surface area contributed by atoms with E-state index in [4.69, 9.17) is 5.73 Å². The minimum atomic E-state index is -3.49. The van der Waals surface area contributed by atoms with Crippen LogP contribution in [0.3, 0.4) is 0 Å². The van der Waals surface area contributed by atoms with Gasteiger partial charge in [-0.25, -0.2) is 8.42 Å². The summed E-state index contributed by atoms with van der Waals surface area (Å²) < 4.78 is 27.2. The summed E-state index contributed by atoms with van der Waals surface area (Å²) in [6.07, 6.45) is 5.06. The maximum absolute atomic E-state index is 12.7. The van der Waals surface area contributed by atoms with E-state index < -0.39 is 10.0 Å². The molecular weight excluding hydrogens is 308 g/mol. The Bertz CT molecular complexity index is 619. The minimum Gasteiger partial charge on any atom is -0.369 e. The molecule has 1 saturated carbocycles. The molecule has 21 heavy (non-hydrogen) atoms. The number of primary amides is 1. The van der Waals surface area contributed by atoms with Crippen molar-refractivity contribution in [1.29, 1.82) is 0 Å². The smallest absolute Gasteiger partial charge is 0.252 e. The molecule has 1 atom stereocenters. The third kappa shape index (κ3) is 2.51. The molecule has 0 unspecified atom stereocenters. The van der Waals surface area contributed by atoms with Gasteiger partial charge in [-0.2, -0.15) is 4.31 Å². The maximum Gasteiger partial charge on any atom is 0.252 e. The molecule has 1 aliphatic heterocycles. The second kappa shape index (κ2) is 5.37. The molecule has 3 rings (SSSR count). The van der Waals surface area contributed by atoms with Crippen LogP contribution >= 0.6 is 11.3 Å². The number of amides is 1. The van der Waals surface area contributed by atoms with Crippen LogP contribution in [-0.2, 0) is 14.8 Å². The van der Waals surface area contributed by atoms with Gasteiger partial charge in [-0.15, -0.1) is 11.3 Å². The number of thiophene rings is 1. The van der Waals surface area contributed by atoms with Gasteiger partial charge in [0.15, 0.2) is 0 Å². The van der Waals surface area contributed by atoms with Crippen molar-refractivity contribution >= 4 is 27.3 Å². The molecule has 2 fully saturated rings. The highest BCUT2D eigenvalue weighted by atomic mass is 32.2. The standard InChI is InChI=1S/C14H20N2O3S2/c15-13(17)11-9-16(10-14(11)6-2-1-3-7-14)21(18,19)12-5-4-8-20-12/h4-5,8,11H,1-3,6-7,9-10H2,(H2,15,17)/t11-/m0/s1. The molecule has 7 heteroatoms. The fourth-order valence-electron chi connectivity index (χ4n) is 3.80. The highest BCUT2D eigenvalue weighted by Gasteiger charge is 2.52. The number of nitrogens with zero attached hydrogens (tertiary/aromatic N) is 1. The van der Waals surface area contributed by atoms with E-state index >= 15 is 0 Å². The summed E-state index contributed by atoms with van der Waals surface area (Å²) in [5.74, 6) is -0.715. The SMILES string of the molecule is NC(=O)[C@@H]1CN(S(=O)(=O)c2cccs2)CC12CCCCC2. The van der Waals surface area contributed by atoms with Gasteiger partial charge in [0.1, 0.15) is 4.21 Å². The highest BCUT2D eigenvalue weighted by molar-refractivity contribution is 7.91. The van der Waals surface area contributed by atoms with Crippen LogP contribution in [0.25, 0.3) is 0 Å². The van der Waals surface area contributed by atoms with Crippen molar-refractivity contribution < 1.29 is 13.2 Å². The summed E-state index contributed by atoms with van der Waals surface area (Å²) in [5, 5.41) is 1.75. The van der Waals surface area contributed by atoms with E-state index in [2.05, 4.69) is 0 Å². The van der Waals surface area contributed by atoms with Gasteiger partial charge in [0, 0.05) is 13.1 Å². The average Bonchev–Trinajstić information content (AvgIpc) is 3.08. The number of hydrogen-bond acceptors (Lipinski definition) is 4.